The summed E-state index contributed by atoms with van der Waals surface area (Å²) in [5.41, 5.74) is 2.75. The smallest absolute Gasteiger partial charge is 0.255 e. The number of aliphatic hydroxyl groups is 1. The minimum atomic E-state index is -0.197. The molecule has 0 fully saturated rings. The van der Waals surface area contributed by atoms with Crippen molar-refractivity contribution in [3.8, 4) is 11.8 Å². The van der Waals surface area contributed by atoms with E-state index in [9.17, 15) is 4.79 Å². The fourth-order valence-electron chi connectivity index (χ4n) is 1.77. The SMILES string of the molecule is Cc1ncccc1NC(=O)c1cccc(C#CCCO)c1. The number of benzene rings is 1. The monoisotopic (exact) mass is 280 g/mol. The van der Waals surface area contributed by atoms with Gasteiger partial charge >= 0.3 is 0 Å². The van der Waals surface area contributed by atoms with Gasteiger partial charge in [0, 0.05) is 23.7 Å². The molecule has 4 heteroatoms. The Morgan fingerprint density at radius 3 is 2.95 bits per heavy atom. The lowest BCUT2D eigenvalue weighted by molar-refractivity contribution is 0.102. The summed E-state index contributed by atoms with van der Waals surface area (Å²) in [5, 5.41) is 11.5. The van der Waals surface area contributed by atoms with Crippen molar-refractivity contribution < 1.29 is 9.90 Å². The van der Waals surface area contributed by atoms with Crippen LogP contribution in [0.25, 0.3) is 0 Å². The molecule has 21 heavy (non-hydrogen) atoms. The van der Waals surface area contributed by atoms with Crippen LogP contribution in [-0.2, 0) is 0 Å². The van der Waals surface area contributed by atoms with Crippen LogP contribution in [0.5, 0.6) is 0 Å². The molecule has 0 unspecified atom stereocenters. The van der Waals surface area contributed by atoms with E-state index < -0.39 is 0 Å². The first-order valence-electron chi connectivity index (χ1n) is 6.63. The Morgan fingerprint density at radius 2 is 2.19 bits per heavy atom. The molecule has 0 bridgehead atoms. The van der Waals surface area contributed by atoms with E-state index in [2.05, 4.69) is 22.1 Å². The summed E-state index contributed by atoms with van der Waals surface area (Å²) >= 11 is 0. The maximum atomic E-state index is 12.2. The number of nitrogens with one attached hydrogen (secondary N) is 1. The summed E-state index contributed by atoms with van der Waals surface area (Å²) in [5.74, 6) is 5.55. The Kier molecular flexibility index (Phi) is 5.08. The fraction of sp³-hybridized carbons (Fsp3) is 0.176. The number of aromatic nitrogens is 1. The molecule has 2 aromatic rings. The maximum absolute atomic E-state index is 12.2. The van der Waals surface area contributed by atoms with Crippen LogP contribution in [0.15, 0.2) is 42.6 Å². The lowest BCUT2D eigenvalue weighted by atomic mass is 10.1. The van der Waals surface area contributed by atoms with Crippen molar-refractivity contribution in [1.82, 2.24) is 4.98 Å². The molecule has 0 aliphatic carbocycles. The highest BCUT2D eigenvalue weighted by molar-refractivity contribution is 6.04. The maximum Gasteiger partial charge on any atom is 0.255 e. The van der Waals surface area contributed by atoms with Crippen molar-refractivity contribution in [1.29, 1.82) is 0 Å². The third-order valence-corrected chi connectivity index (χ3v) is 2.85. The van der Waals surface area contributed by atoms with Crippen molar-refractivity contribution >= 4 is 11.6 Å². The standard InChI is InChI=1S/C17H16N2O2/c1-13-16(9-5-10-18-13)19-17(21)15-8-4-7-14(12-15)6-2-3-11-20/h4-5,7-10,12,20H,3,11H2,1H3,(H,19,21). The minimum Gasteiger partial charge on any atom is -0.395 e. The molecule has 0 radical (unpaired) electrons. The molecule has 2 rings (SSSR count). The number of amides is 1. The van der Waals surface area contributed by atoms with Gasteiger partial charge in [-0.25, -0.2) is 0 Å². The molecule has 1 aromatic carbocycles. The van der Waals surface area contributed by atoms with Gasteiger partial charge in [-0.2, -0.15) is 0 Å². The van der Waals surface area contributed by atoms with E-state index in [1.165, 1.54) is 0 Å². The second-order valence-electron chi connectivity index (χ2n) is 4.45. The number of anilines is 1. The summed E-state index contributed by atoms with van der Waals surface area (Å²) in [6, 6.07) is 10.7. The zero-order chi connectivity index (χ0) is 15.1. The van der Waals surface area contributed by atoms with E-state index in [1.54, 1.807) is 30.5 Å². The Labute approximate surface area is 123 Å². The van der Waals surface area contributed by atoms with Crippen molar-refractivity contribution in [3.63, 3.8) is 0 Å². The van der Waals surface area contributed by atoms with Gasteiger partial charge in [-0.1, -0.05) is 17.9 Å². The molecule has 0 saturated carbocycles. The van der Waals surface area contributed by atoms with E-state index in [0.717, 1.165) is 11.3 Å². The number of carbonyl (C=O) groups is 1. The molecule has 4 nitrogen and oxygen atoms in total. The van der Waals surface area contributed by atoms with Gasteiger partial charge < -0.3 is 10.4 Å². The second kappa shape index (κ2) is 7.22. The molecule has 106 valence electrons. The van der Waals surface area contributed by atoms with Crippen LogP contribution in [0.4, 0.5) is 5.69 Å². The quantitative estimate of drug-likeness (QED) is 0.849. The predicted molar refractivity (Wildman–Crippen MR) is 82.0 cm³/mol. The van der Waals surface area contributed by atoms with Gasteiger partial charge in [-0.05, 0) is 37.3 Å². The van der Waals surface area contributed by atoms with Crippen LogP contribution in [0.1, 0.15) is 28.0 Å². The largest absolute Gasteiger partial charge is 0.395 e. The Bertz CT molecular complexity index is 699. The predicted octanol–water partition coefficient (Wildman–Crippen LogP) is 2.38. The zero-order valence-electron chi connectivity index (χ0n) is 11.8. The summed E-state index contributed by atoms with van der Waals surface area (Å²) in [7, 11) is 0. The number of hydrogen-bond acceptors (Lipinski definition) is 3. The summed E-state index contributed by atoms with van der Waals surface area (Å²) in [6.45, 7) is 1.87. The van der Waals surface area contributed by atoms with Crippen molar-refractivity contribution in [3.05, 3.63) is 59.4 Å². The number of nitrogens with zero attached hydrogens (tertiary/aromatic N) is 1. The van der Waals surface area contributed by atoms with E-state index in [1.807, 2.05) is 19.1 Å². The first-order valence-corrected chi connectivity index (χ1v) is 6.63. The van der Waals surface area contributed by atoms with Gasteiger partial charge in [0.15, 0.2) is 0 Å². The number of aliphatic hydroxyl groups excluding tert-OH is 1. The molecule has 1 amide bonds. The van der Waals surface area contributed by atoms with Crippen LogP contribution >= 0.6 is 0 Å². The summed E-state index contributed by atoms with van der Waals surface area (Å²) in [6.07, 6.45) is 2.10. The minimum absolute atomic E-state index is 0.0352. The highest BCUT2D eigenvalue weighted by atomic mass is 16.2. The van der Waals surface area contributed by atoms with Gasteiger partial charge in [0.05, 0.1) is 18.0 Å². The number of rotatable bonds is 3. The average molecular weight is 280 g/mol. The normalized spacial score (nSPS) is 9.62. The van der Waals surface area contributed by atoms with Crippen LogP contribution < -0.4 is 5.32 Å². The first-order chi connectivity index (χ1) is 10.2. The molecule has 1 aromatic heterocycles. The molecule has 0 atom stereocenters. The van der Waals surface area contributed by atoms with E-state index in [-0.39, 0.29) is 12.5 Å². The molecule has 0 aliphatic heterocycles. The molecular formula is C17H16N2O2. The molecule has 1 heterocycles. The van der Waals surface area contributed by atoms with E-state index in [0.29, 0.717) is 17.7 Å². The van der Waals surface area contributed by atoms with Gasteiger partial charge in [-0.15, -0.1) is 0 Å². The third-order valence-electron chi connectivity index (χ3n) is 2.85. The number of aryl methyl sites for hydroxylation is 1. The highest BCUT2D eigenvalue weighted by Gasteiger charge is 2.08. The number of hydrogen-bond donors (Lipinski definition) is 2. The van der Waals surface area contributed by atoms with Crippen molar-refractivity contribution in [2.75, 3.05) is 11.9 Å². The van der Waals surface area contributed by atoms with Gasteiger partial charge in [0.2, 0.25) is 0 Å². The lowest BCUT2D eigenvalue weighted by Crippen LogP contribution is -2.13. The van der Waals surface area contributed by atoms with Gasteiger partial charge in [0.25, 0.3) is 5.91 Å². The topological polar surface area (TPSA) is 62.2 Å². The number of pyridine rings is 1. The van der Waals surface area contributed by atoms with Crippen molar-refractivity contribution in [2.45, 2.75) is 13.3 Å². The second-order valence-corrected chi connectivity index (χ2v) is 4.45. The fourth-order valence-corrected chi connectivity index (χ4v) is 1.77. The summed E-state index contributed by atoms with van der Waals surface area (Å²) in [4.78, 5) is 16.4. The summed E-state index contributed by atoms with van der Waals surface area (Å²) < 4.78 is 0. The highest BCUT2D eigenvalue weighted by Crippen LogP contribution is 2.13. The van der Waals surface area contributed by atoms with E-state index in [4.69, 9.17) is 5.11 Å². The zero-order valence-corrected chi connectivity index (χ0v) is 11.8. The molecule has 0 saturated heterocycles. The molecule has 2 N–H and O–H groups in total. The van der Waals surface area contributed by atoms with Gasteiger partial charge in [0.1, 0.15) is 0 Å². The van der Waals surface area contributed by atoms with Crippen molar-refractivity contribution in [2.24, 2.45) is 0 Å². The third kappa shape index (κ3) is 4.16. The van der Waals surface area contributed by atoms with Gasteiger partial charge in [-0.3, -0.25) is 9.78 Å². The van der Waals surface area contributed by atoms with Crippen LogP contribution in [0.2, 0.25) is 0 Å². The average Bonchev–Trinajstić information content (AvgIpc) is 2.50. The lowest BCUT2D eigenvalue weighted by Gasteiger charge is -2.07. The Morgan fingerprint density at radius 1 is 1.33 bits per heavy atom. The van der Waals surface area contributed by atoms with Crippen LogP contribution in [0.3, 0.4) is 0 Å². The van der Waals surface area contributed by atoms with E-state index >= 15 is 0 Å². The van der Waals surface area contributed by atoms with Crippen LogP contribution in [-0.4, -0.2) is 22.6 Å². The Hall–Kier alpha value is -2.64. The number of carbonyl (C=O) groups excluding carboxylic acids is 1. The Balaban J connectivity index is 2.15. The molecule has 0 spiro atoms. The molecular weight excluding hydrogens is 264 g/mol. The first kappa shape index (κ1) is 14.8. The molecule has 0 aliphatic rings. The van der Waals surface area contributed by atoms with Crippen LogP contribution in [0, 0.1) is 18.8 Å².